The van der Waals surface area contributed by atoms with E-state index in [0.29, 0.717) is 62.1 Å². The number of benzene rings is 1. The minimum atomic E-state index is -0.621. The summed E-state index contributed by atoms with van der Waals surface area (Å²) in [5, 5.41) is 2.96. The molecule has 0 radical (unpaired) electrons. The van der Waals surface area contributed by atoms with E-state index in [-0.39, 0.29) is 17.8 Å². The molecule has 1 N–H and O–H groups in total. The number of nitrogens with zero attached hydrogens (tertiary/aromatic N) is 3. The third-order valence-corrected chi connectivity index (χ3v) is 5.81. The number of aromatic nitrogens is 2. The first-order valence-electron chi connectivity index (χ1n) is 10.7. The smallest absolute Gasteiger partial charge is 0.316 e. The Morgan fingerprint density at radius 2 is 1.61 bits per heavy atom. The minimum Gasteiger partial charge on any atom is -0.466 e. The van der Waals surface area contributed by atoms with Gasteiger partial charge in [-0.1, -0.05) is 6.92 Å². The summed E-state index contributed by atoms with van der Waals surface area (Å²) >= 11 is 0. The van der Waals surface area contributed by atoms with Crippen LogP contribution in [0.3, 0.4) is 0 Å². The van der Waals surface area contributed by atoms with Gasteiger partial charge in [-0.05, 0) is 38.3 Å². The SMILES string of the molecule is CCCC(=O)Nc1cc2c(cc1N1CCC(C(=O)OCC)CC1)n(C)c(=O)c(=O)n2C. The van der Waals surface area contributed by atoms with E-state index in [1.807, 2.05) is 13.0 Å². The Hall–Kier alpha value is -3.10. The number of aryl methyl sites for hydroxylation is 2. The molecule has 0 bridgehead atoms. The number of carbonyl (C=O) groups excluding carboxylic acids is 2. The minimum absolute atomic E-state index is 0.112. The standard InChI is InChI=1S/C22H30N4O5/c1-5-7-19(27)23-15-12-17-18(25(4)21(29)20(28)24(17)3)13-16(15)26-10-8-14(9-11-26)22(30)31-6-2/h12-14H,5-11H2,1-4H3,(H,23,27). The van der Waals surface area contributed by atoms with Crippen LogP contribution in [-0.4, -0.2) is 40.7 Å². The van der Waals surface area contributed by atoms with Crippen molar-refractivity contribution in [3.05, 3.63) is 32.8 Å². The molecule has 1 aliphatic rings. The number of anilines is 2. The van der Waals surface area contributed by atoms with Gasteiger partial charge in [0, 0.05) is 33.6 Å². The van der Waals surface area contributed by atoms with Crippen molar-refractivity contribution in [1.82, 2.24) is 9.13 Å². The molecule has 1 saturated heterocycles. The van der Waals surface area contributed by atoms with E-state index in [4.69, 9.17) is 4.74 Å². The third-order valence-electron chi connectivity index (χ3n) is 5.81. The van der Waals surface area contributed by atoms with E-state index in [9.17, 15) is 19.2 Å². The Morgan fingerprint density at radius 3 is 2.16 bits per heavy atom. The summed E-state index contributed by atoms with van der Waals surface area (Å²) in [6.45, 7) is 5.33. The lowest BCUT2D eigenvalue weighted by molar-refractivity contribution is -0.148. The van der Waals surface area contributed by atoms with Crippen molar-refractivity contribution in [2.24, 2.45) is 20.0 Å². The zero-order chi connectivity index (χ0) is 22.7. The first kappa shape index (κ1) is 22.6. The Bertz CT molecular complexity index is 1110. The Kier molecular flexibility index (Phi) is 6.82. The lowest BCUT2D eigenvalue weighted by Crippen LogP contribution is -2.40. The van der Waals surface area contributed by atoms with E-state index in [0.717, 1.165) is 5.69 Å². The molecule has 0 saturated carbocycles. The van der Waals surface area contributed by atoms with Crippen LogP contribution in [0.2, 0.25) is 0 Å². The van der Waals surface area contributed by atoms with Gasteiger partial charge in [-0.25, -0.2) is 0 Å². The van der Waals surface area contributed by atoms with Crippen LogP contribution in [0.4, 0.5) is 11.4 Å². The fraction of sp³-hybridized carbons (Fsp3) is 0.545. The summed E-state index contributed by atoms with van der Waals surface area (Å²) < 4.78 is 7.80. The highest BCUT2D eigenvalue weighted by Gasteiger charge is 2.28. The van der Waals surface area contributed by atoms with Gasteiger partial charge in [0.2, 0.25) is 5.91 Å². The van der Waals surface area contributed by atoms with Crippen LogP contribution in [0.15, 0.2) is 21.7 Å². The van der Waals surface area contributed by atoms with Crippen molar-refractivity contribution in [3.63, 3.8) is 0 Å². The van der Waals surface area contributed by atoms with Crippen LogP contribution < -0.4 is 21.3 Å². The number of hydrogen-bond acceptors (Lipinski definition) is 6. The average Bonchev–Trinajstić information content (AvgIpc) is 2.76. The van der Waals surface area contributed by atoms with Gasteiger partial charge in [0.25, 0.3) is 0 Å². The molecule has 9 heteroatoms. The molecule has 31 heavy (non-hydrogen) atoms. The van der Waals surface area contributed by atoms with Crippen LogP contribution in [0.25, 0.3) is 11.0 Å². The predicted molar refractivity (Wildman–Crippen MR) is 120 cm³/mol. The molecule has 0 unspecified atom stereocenters. The van der Waals surface area contributed by atoms with Crippen molar-refractivity contribution in [3.8, 4) is 0 Å². The highest BCUT2D eigenvalue weighted by atomic mass is 16.5. The molecule has 1 amide bonds. The lowest BCUT2D eigenvalue weighted by atomic mass is 9.96. The first-order chi connectivity index (χ1) is 14.8. The second kappa shape index (κ2) is 9.36. The average molecular weight is 431 g/mol. The van der Waals surface area contributed by atoms with Crippen LogP contribution >= 0.6 is 0 Å². The molecule has 1 fully saturated rings. The van der Waals surface area contributed by atoms with Gasteiger partial charge in [0.1, 0.15) is 0 Å². The fourth-order valence-electron chi connectivity index (χ4n) is 4.03. The predicted octanol–water partition coefficient (Wildman–Crippen LogP) is 1.76. The van der Waals surface area contributed by atoms with E-state index in [1.54, 1.807) is 27.1 Å². The largest absolute Gasteiger partial charge is 0.466 e. The number of nitrogens with one attached hydrogen (secondary N) is 1. The van der Waals surface area contributed by atoms with Crippen molar-refractivity contribution >= 4 is 34.3 Å². The van der Waals surface area contributed by atoms with Crippen LogP contribution in [0.5, 0.6) is 0 Å². The maximum Gasteiger partial charge on any atom is 0.316 e. The number of hydrogen-bond donors (Lipinski definition) is 1. The van der Waals surface area contributed by atoms with E-state index in [1.165, 1.54) is 9.13 Å². The molecule has 1 aromatic heterocycles. The van der Waals surface area contributed by atoms with Crippen molar-refractivity contribution in [1.29, 1.82) is 0 Å². The molecule has 3 rings (SSSR count). The van der Waals surface area contributed by atoms with Gasteiger partial charge in [-0.3, -0.25) is 19.2 Å². The summed E-state index contributed by atoms with van der Waals surface area (Å²) in [5.74, 6) is -0.422. The van der Waals surface area contributed by atoms with Crippen LogP contribution in [0.1, 0.15) is 39.5 Å². The van der Waals surface area contributed by atoms with Gasteiger partial charge >= 0.3 is 17.1 Å². The monoisotopic (exact) mass is 430 g/mol. The van der Waals surface area contributed by atoms with Crippen LogP contribution in [0, 0.1) is 5.92 Å². The molecule has 9 nitrogen and oxygen atoms in total. The number of amides is 1. The number of carbonyl (C=O) groups is 2. The molecule has 0 atom stereocenters. The molecular weight excluding hydrogens is 400 g/mol. The third kappa shape index (κ3) is 4.50. The van der Waals surface area contributed by atoms with Crippen LogP contribution in [-0.2, 0) is 28.4 Å². The Balaban J connectivity index is 2.04. The summed E-state index contributed by atoms with van der Waals surface area (Å²) in [7, 11) is 3.12. The van der Waals surface area contributed by atoms with Gasteiger partial charge in [-0.2, -0.15) is 0 Å². The van der Waals surface area contributed by atoms with Crippen molar-refractivity contribution < 1.29 is 14.3 Å². The number of esters is 1. The maximum atomic E-state index is 12.4. The molecule has 0 spiro atoms. The summed E-state index contributed by atoms with van der Waals surface area (Å²) in [6, 6.07) is 3.58. The molecular formula is C22H30N4O5. The Morgan fingerprint density at radius 1 is 1.03 bits per heavy atom. The highest BCUT2D eigenvalue weighted by molar-refractivity contribution is 5.98. The highest BCUT2D eigenvalue weighted by Crippen LogP contribution is 2.33. The topological polar surface area (TPSA) is 103 Å². The number of rotatable bonds is 6. The zero-order valence-corrected chi connectivity index (χ0v) is 18.6. The second-order valence-electron chi connectivity index (χ2n) is 7.90. The molecule has 1 aliphatic heterocycles. The Labute approximate surface area is 180 Å². The molecule has 2 heterocycles. The summed E-state index contributed by atoms with van der Waals surface area (Å²) in [5.41, 5.74) is 1.29. The number of ether oxygens (including phenoxy) is 1. The molecule has 2 aromatic rings. The maximum absolute atomic E-state index is 12.4. The van der Waals surface area contributed by atoms with Crippen molar-refractivity contribution in [2.75, 3.05) is 29.9 Å². The van der Waals surface area contributed by atoms with E-state index < -0.39 is 11.1 Å². The number of fused-ring (bicyclic) bond motifs is 1. The lowest BCUT2D eigenvalue weighted by Gasteiger charge is -2.34. The van der Waals surface area contributed by atoms with Gasteiger partial charge in [0.05, 0.1) is 34.9 Å². The molecule has 0 aliphatic carbocycles. The fourth-order valence-corrected chi connectivity index (χ4v) is 4.03. The van der Waals surface area contributed by atoms with Gasteiger partial charge in [0.15, 0.2) is 0 Å². The molecule has 1 aromatic carbocycles. The normalized spacial score (nSPS) is 14.6. The zero-order valence-electron chi connectivity index (χ0n) is 18.6. The van der Waals surface area contributed by atoms with Crippen molar-refractivity contribution in [2.45, 2.75) is 39.5 Å². The number of piperidine rings is 1. The second-order valence-corrected chi connectivity index (χ2v) is 7.90. The van der Waals surface area contributed by atoms with E-state index in [2.05, 4.69) is 10.2 Å². The van der Waals surface area contributed by atoms with E-state index >= 15 is 0 Å². The first-order valence-corrected chi connectivity index (χ1v) is 10.7. The summed E-state index contributed by atoms with van der Waals surface area (Å²) in [4.78, 5) is 51.1. The van der Waals surface area contributed by atoms with Gasteiger partial charge < -0.3 is 24.1 Å². The summed E-state index contributed by atoms with van der Waals surface area (Å²) in [6.07, 6.45) is 2.39. The van der Waals surface area contributed by atoms with Gasteiger partial charge in [-0.15, -0.1) is 0 Å². The molecule has 168 valence electrons. The quantitative estimate of drug-likeness (QED) is 0.553.